The molecular weight excluding hydrogens is 328 g/mol. The van der Waals surface area contributed by atoms with Gasteiger partial charge in [-0.1, -0.05) is 0 Å². The summed E-state index contributed by atoms with van der Waals surface area (Å²) in [5.41, 5.74) is 3.27. The zero-order valence-electron chi connectivity index (χ0n) is 12.8. The van der Waals surface area contributed by atoms with Gasteiger partial charge in [-0.05, 0) is 42.9 Å². The van der Waals surface area contributed by atoms with Gasteiger partial charge >= 0.3 is 6.61 Å². The molecule has 0 aromatic heterocycles. The third-order valence-electron chi connectivity index (χ3n) is 2.46. The molecule has 0 aliphatic carbocycles. The highest BCUT2D eigenvalue weighted by molar-refractivity contribution is 7.80. The highest BCUT2D eigenvalue weighted by Crippen LogP contribution is 2.29. The van der Waals surface area contributed by atoms with E-state index in [2.05, 4.69) is 20.6 Å². The van der Waals surface area contributed by atoms with Crippen molar-refractivity contribution in [1.29, 1.82) is 0 Å². The van der Waals surface area contributed by atoms with E-state index in [1.807, 2.05) is 0 Å². The first-order valence-corrected chi connectivity index (χ1v) is 7.25. The molecule has 0 amide bonds. The van der Waals surface area contributed by atoms with Gasteiger partial charge in [-0.2, -0.15) is 13.9 Å². The molecule has 0 heterocycles. The first-order chi connectivity index (χ1) is 11.1. The molecule has 0 saturated carbocycles. The molecule has 128 valence electrons. The molecule has 1 aromatic rings. The number of nitrogens with one attached hydrogen (secondary N) is 2. The minimum Gasteiger partial charge on any atom is -0.490 e. The van der Waals surface area contributed by atoms with Crippen LogP contribution in [-0.4, -0.2) is 44.8 Å². The van der Waals surface area contributed by atoms with Crippen LogP contribution in [0.1, 0.15) is 12.5 Å². The fourth-order valence-corrected chi connectivity index (χ4v) is 1.69. The molecule has 0 atom stereocenters. The van der Waals surface area contributed by atoms with Gasteiger partial charge in [-0.3, -0.25) is 5.43 Å². The molecule has 0 unspecified atom stereocenters. The molecular formula is C14H19F2N3O3S. The van der Waals surface area contributed by atoms with E-state index in [9.17, 15) is 8.78 Å². The lowest BCUT2D eigenvalue weighted by Crippen LogP contribution is -2.34. The summed E-state index contributed by atoms with van der Waals surface area (Å²) >= 11 is 5.00. The predicted molar refractivity (Wildman–Crippen MR) is 87.4 cm³/mol. The molecule has 9 heteroatoms. The Hall–Kier alpha value is -2.00. The van der Waals surface area contributed by atoms with E-state index in [0.29, 0.717) is 30.4 Å². The van der Waals surface area contributed by atoms with Gasteiger partial charge in [0.2, 0.25) is 0 Å². The summed E-state index contributed by atoms with van der Waals surface area (Å²) in [6.45, 7) is 0.247. The number of hydrogen-bond donors (Lipinski definition) is 2. The maximum Gasteiger partial charge on any atom is 0.387 e. The van der Waals surface area contributed by atoms with Gasteiger partial charge in [0.05, 0.1) is 19.4 Å². The minimum atomic E-state index is -2.91. The van der Waals surface area contributed by atoms with Crippen molar-refractivity contribution >= 4 is 23.5 Å². The third-order valence-corrected chi connectivity index (χ3v) is 2.69. The maximum atomic E-state index is 12.3. The van der Waals surface area contributed by atoms with Crippen molar-refractivity contribution in [3.05, 3.63) is 23.8 Å². The number of thiocarbonyl (C=S) groups is 1. The molecule has 6 nitrogen and oxygen atoms in total. The number of benzene rings is 1. The van der Waals surface area contributed by atoms with Gasteiger partial charge < -0.3 is 19.5 Å². The predicted octanol–water partition coefficient (Wildman–Crippen LogP) is 2.13. The first kappa shape index (κ1) is 19.0. The largest absolute Gasteiger partial charge is 0.490 e. The number of ether oxygens (including phenoxy) is 3. The number of halogens is 2. The van der Waals surface area contributed by atoms with E-state index in [1.165, 1.54) is 12.3 Å². The van der Waals surface area contributed by atoms with E-state index < -0.39 is 6.61 Å². The van der Waals surface area contributed by atoms with Crippen molar-refractivity contribution in [2.45, 2.75) is 13.5 Å². The highest BCUT2D eigenvalue weighted by atomic mass is 32.1. The van der Waals surface area contributed by atoms with Crippen LogP contribution in [0.2, 0.25) is 0 Å². The van der Waals surface area contributed by atoms with Crippen LogP contribution in [0, 0.1) is 0 Å². The van der Waals surface area contributed by atoms with Crippen molar-refractivity contribution in [3.63, 3.8) is 0 Å². The van der Waals surface area contributed by atoms with E-state index in [1.54, 1.807) is 26.2 Å². The summed E-state index contributed by atoms with van der Waals surface area (Å²) in [4.78, 5) is 0. The van der Waals surface area contributed by atoms with Crippen LogP contribution in [0.5, 0.6) is 11.5 Å². The van der Waals surface area contributed by atoms with Crippen LogP contribution in [-0.2, 0) is 4.74 Å². The lowest BCUT2D eigenvalue weighted by molar-refractivity contribution is -0.0514. The molecule has 1 aromatic carbocycles. The molecule has 1 rings (SSSR count). The van der Waals surface area contributed by atoms with Gasteiger partial charge in [-0.25, -0.2) is 0 Å². The van der Waals surface area contributed by atoms with Gasteiger partial charge in [-0.15, -0.1) is 0 Å². The molecule has 0 aliphatic heterocycles. The Bertz CT molecular complexity index is 530. The third kappa shape index (κ3) is 7.71. The summed E-state index contributed by atoms with van der Waals surface area (Å²) in [7, 11) is 1.59. The van der Waals surface area contributed by atoms with E-state index in [0.717, 1.165) is 0 Å². The SMILES string of the molecule is CCOc1cc(/C=N\NC(=S)NCCOC)ccc1OC(F)F. The quantitative estimate of drug-likeness (QED) is 0.309. The summed E-state index contributed by atoms with van der Waals surface area (Å²) in [5.74, 6) is 0.196. The summed E-state index contributed by atoms with van der Waals surface area (Å²) < 4.78 is 39.2. The van der Waals surface area contributed by atoms with Crippen LogP contribution >= 0.6 is 12.2 Å². The second kappa shape index (κ2) is 10.7. The van der Waals surface area contributed by atoms with Crippen LogP contribution in [0.15, 0.2) is 23.3 Å². The molecule has 0 bridgehead atoms. The average Bonchev–Trinajstić information content (AvgIpc) is 2.50. The Kier molecular flexibility index (Phi) is 8.85. The number of nitrogens with zero attached hydrogens (tertiary/aromatic N) is 1. The average molecular weight is 347 g/mol. The lowest BCUT2D eigenvalue weighted by atomic mass is 10.2. The normalized spacial score (nSPS) is 10.8. The zero-order valence-corrected chi connectivity index (χ0v) is 13.7. The molecule has 0 saturated heterocycles. The topological polar surface area (TPSA) is 64.1 Å². The van der Waals surface area contributed by atoms with Crippen LogP contribution in [0.3, 0.4) is 0 Å². The lowest BCUT2D eigenvalue weighted by Gasteiger charge is -2.11. The van der Waals surface area contributed by atoms with E-state index >= 15 is 0 Å². The number of rotatable bonds is 9. The second-order valence-electron chi connectivity index (χ2n) is 4.14. The van der Waals surface area contributed by atoms with Gasteiger partial charge in [0.1, 0.15) is 0 Å². The fourth-order valence-electron chi connectivity index (χ4n) is 1.54. The van der Waals surface area contributed by atoms with E-state index in [-0.39, 0.29) is 11.5 Å². The first-order valence-electron chi connectivity index (χ1n) is 6.84. The van der Waals surface area contributed by atoms with Crippen LogP contribution in [0.4, 0.5) is 8.78 Å². The fraction of sp³-hybridized carbons (Fsp3) is 0.429. The Labute approximate surface area is 138 Å². The van der Waals surface area contributed by atoms with E-state index in [4.69, 9.17) is 21.7 Å². The second-order valence-corrected chi connectivity index (χ2v) is 4.54. The van der Waals surface area contributed by atoms with Gasteiger partial charge in [0.25, 0.3) is 0 Å². The van der Waals surface area contributed by atoms with Crippen molar-refractivity contribution in [2.75, 3.05) is 26.9 Å². The molecule has 0 radical (unpaired) electrons. The smallest absolute Gasteiger partial charge is 0.387 e. The molecule has 0 spiro atoms. The molecule has 23 heavy (non-hydrogen) atoms. The Balaban J connectivity index is 2.64. The van der Waals surface area contributed by atoms with Gasteiger partial charge in [0, 0.05) is 13.7 Å². The molecule has 0 fully saturated rings. The summed E-state index contributed by atoms with van der Waals surface area (Å²) in [5, 5.41) is 7.18. The van der Waals surface area contributed by atoms with Crippen LogP contribution < -0.4 is 20.2 Å². The summed E-state index contributed by atoms with van der Waals surface area (Å²) in [6, 6.07) is 4.52. The van der Waals surface area contributed by atoms with Crippen molar-refractivity contribution in [2.24, 2.45) is 5.10 Å². The summed E-state index contributed by atoms with van der Waals surface area (Å²) in [6.07, 6.45) is 1.49. The zero-order chi connectivity index (χ0) is 17.1. The number of alkyl halides is 2. The monoisotopic (exact) mass is 347 g/mol. The van der Waals surface area contributed by atoms with Crippen LogP contribution in [0.25, 0.3) is 0 Å². The maximum absolute atomic E-state index is 12.3. The Morgan fingerprint density at radius 1 is 1.39 bits per heavy atom. The minimum absolute atomic E-state index is 0.0243. The Morgan fingerprint density at radius 2 is 2.17 bits per heavy atom. The molecule has 0 aliphatic rings. The van der Waals surface area contributed by atoms with Gasteiger partial charge in [0.15, 0.2) is 16.6 Å². The number of hydrogen-bond acceptors (Lipinski definition) is 5. The number of methoxy groups -OCH3 is 1. The Morgan fingerprint density at radius 3 is 2.83 bits per heavy atom. The van der Waals surface area contributed by atoms with Crippen molar-refractivity contribution in [3.8, 4) is 11.5 Å². The number of hydrazone groups is 1. The molecule has 2 N–H and O–H groups in total. The van der Waals surface area contributed by atoms with Crippen molar-refractivity contribution < 1.29 is 23.0 Å². The standard InChI is InChI=1S/C14H19F2N3O3S/c1-3-21-12-8-10(4-5-11(12)22-13(15)16)9-18-19-14(23)17-6-7-20-2/h4-5,8-9,13H,3,6-7H2,1-2H3,(H2,17,19,23)/b18-9-. The highest BCUT2D eigenvalue weighted by Gasteiger charge is 2.11. The van der Waals surface area contributed by atoms with Crippen molar-refractivity contribution in [1.82, 2.24) is 10.7 Å².